The Hall–Kier alpha value is -0.420. The molecule has 0 aliphatic heterocycles. The zero-order chi connectivity index (χ0) is 10.3. The second-order valence-electron chi connectivity index (χ2n) is 1.91. The van der Waals surface area contributed by atoms with Crippen LogP contribution in [-0.2, 0) is 18.4 Å². The minimum atomic E-state index is -4.09. The van der Waals surface area contributed by atoms with Gasteiger partial charge in [0.2, 0.25) is 5.91 Å². The molecule has 0 saturated carbocycles. The van der Waals surface area contributed by atoms with Gasteiger partial charge in [0.15, 0.2) is 0 Å². The smallest absolute Gasteiger partial charge is 0.354 e. The first kappa shape index (κ1) is 9.67. The molecule has 72 valence electrons. The molecule has 0 heterocycles. The minimum Gasteiger partial charge on any atom is -0.354 e. The standard InChI is InChI=1S/C5H12NO5P/c1-5(7)6-3-4-11-12(8,9)10-2/h3-4H2,1-2H3,(H,6,7)(H,8,9)/i2T. The van der Waals surface area contributed by atoms with Gasteiger partial charge in [-0.25, -0.2) is 4.57 Å². The third kappa shape index (κ3) is 6.30. The van der Waals surface area contributed by atoms with Crippen molar-refractivity contribution in [2.24, 2.45) is 0 Å². The van der Waals surface area contributed by atoms with E-state index in [2.05, 4.69) is 14.4 Å². The third-order valence-electron chi connectivity index (χ3n) is 0.894. The van der Waals surface area contributed by atoms with Crippen LogP contribution in [0.3, 0.4) is 0 Å². The molecule has 0 aromatic rings. The van der Waals surface area contributed by atoms with E-state index in [0.29, 0.717) is 0 Å². The maximum atomic E-state index is 10.7. The molecule has 1 amide bonds. The van der Waals surface area contributed by atoms with E-state index in [1.54, 1.807) is 0 Å². The van der Waals surface area contributed by atoms with Gasteiger partial charge in [-0.2, -0.15) is 0 Å². The van der Waals surface area contributed by atoms with Gasteiger partial charge < -0.3 is 10.2 Å². The Labute approximate surface area is 71.9 Å². The van der Waals surface area contributed by atoms with Crippen LogP contribution in [0.4, 0.5) is 0 Å². The summed E-state index contributed by atoms with van der Waals surface area (Å²) in [6.07, 6.45) is 0. The molecule has 0 aromatic heterocycles. The SMILES string of the molecule is [3H]COP(=O)(O)OCCNC(C)=O. The Morgan fingerprint density at radius 2 is 2.50 bits per heavy atom. The van der Waals surface area contributed by atoms with Gasteiger partial charge in [-0.3, -0.25) is 13.8 Å². The Balaban J connectivity index is 3.52. The summed E-state index contributed by atoms with van der Waals surface area (Å²) in [5.41, 5.74) is 0. The summed E-state index contributed by atoms with van der Waals surface area (Å²) in [5.74, 6) is -0.252. The summed E-state index contributed by atoms with van der Waals surface area (Å²) in [7, 11) is -4.74. The number of carbonyl (C=O) groups excluding carboxylic acids is 1. The van der Waals surface area contributed by atoms with Crippen LogP contribution in [0.5, 0.6) is 0 Å². The van der Waals surface area contributed by atoms with Crippen molar-refractivity contribution in [3.63, 3.8) is 0 Å². The number of rotatable bonds is 5. The van der Waals surface area contributed by atoms with Crippen LogP contribution in [0.25, 0.3) is 0 Å². The van der Waals surface area contributed by atoms with Gasteiger partial charge in [0, 0.05) is 20.6 Å². The number of amides is 1. The highest BCUT2D eigenvalue weighted by atomic mass is 31.2. The van der Waals surface area contributed by atoms with E-state index in [4.69, 9.17) is 6.26 Å². The van der Waals surface area contributed by atoms with Crippen molar-refractivity contribution in [2.45, 2.75) is 6.92 Å². The number of nitrogens with one attached hydrogen (secondary N) is 1. The lowest BCUT2D eigenvalue weighted by molar-refractivity contribution is -0.119. The summed E-state index contributed by atoms with van der Waals surface area (Å²) < 4.78 is 25.7. The molecule has 0 aromatic carbocycles. The topological polar surface area (TPSA) is 84.9 Å². The molecule has 0 radical (unpaired) electrons. The highest BCUT2D eigenvalue weighted by Gasteiger charge is 2.17. The third-order valence-corrected chi connectivity index (χ3v) is 1.73. The van der Waals surface area contributed by atoms with Crippen molar-refractivity contribution < 1.29 is 24.7 Å². The Morgan fingerprint density at radius 3 is 3.00 bits per heavy atom. The lowest BCUT2D eigenvalue weighted by Gasteiger charge is -2.08. The molecule has 12 heavy (non-hydrogen) atoms. The van der Waals surface area contributed by atoms with Crippen molar-refractivity contribution >= 4 is 13.7 Å². The molecule has 6 nitrogen and oxygen atoms in total. The van der Waals surface area contributed by atoms with Crippen molar-refractivity contribution in [1.29, 1.82) is 0 Å². The van der Waals surface area contributed by atoms with Crippen LogP contribution in [0, 0.1) is 0 Å². The van der Waals surface area contributed by atoms with Gasteiger partial charge in [-0.05, 0) is 0 Å². The van der Waals surface area contributed by atoms with Gasteiger partial charge in [0.05, 0.1) is 7.98 Å². The molecule has 1 unspecified atom stereocenters. The Kier molecular flexibility index (Phi) is 4.24. The van der Waals surface area contributed by atoms with E-state index in [1.165, 1.54) is 6.92 Å². The molecule has 7 heteroatoms. The molecular weight excluding hydrogens is 185 g/mol. The normalized spacial score (nSPS) is 16.3. The van der Waals surface area contributed by atoms with E-state index in [9.17, 15) is 9.36 Å². The molecular formula is C5H12NO5P. The molecule has 0 aliphatic rings. The fraction of sp³-hybridized carbons (Fsp3) is 0.800. The van der Waals surface area contributed by atoms with Gasteiger partial charge in [-0.1, -0.05) is 0 Å². The van der Waals surface area contributed by atoms with Gasteiger partial charge in [-0.15, -0.1) is 0 Å². The van der Waals surface area contributed by atoms with E-state index in [-0.39, 0.29) is 19.1 Å². The van der Waals surface area contributed by atoms with Crippen LogP contribution < -0.4 is 5.32 Å². The Bertz CT molecular complexity index is 211. The van der Waals surface area contributed by atoms with Gasteiger partial charge >= 0.3 is 7.82 Å². The molecule has 0 fully saturated rings. The summed E-state index contributed by atoms with van der Waals surface area (Å²) in [5, 5.41) is 2.36. The maximum absolute atomic E-state index is 10.7. The molecule has 0 aliphatic carbocycles. The molecule has 1 atom stereocenters. The second kappa shape index (κ2) is 5.27. The maximum Gasteiger partial charge on any atom is 0.471 e. The first-order valence-electron chi connectivity index (χ1n) is 3.84. The van der Waals surface area contributed by atoms with Crippen LogP contribution in [0.15, 0.2) is 0 Å². The second-order valence-corrected chi connectivity index (χ2v) is 3.37. The van der Waals surface area contributed by atoms with E-state index in [1.807, 2.05) is 0 Å². The van der Waals surface area contributed by atoms with Crippen molar-refractivity contribution in [2.75, 3.05) is 20.2 Å². The van der Waals surface area contributed by atoms with E-state index < -0.39 is 14.9 Å². The first-order valence-corrected chi connectivity index (χ1v) is 4.63. The fourth-order valence-corrected chi connectivity index (χ4v) is 0.822. The van der Waals surface area contributed by atoms with Crippen molar-refractivity contribution in [3.05, 3.63) is 0 Å². The number of hydrogen-bond acceptors (Lipinski definition) is 4. The lowest BCUT2D eigenvalue weighted by Crippen LogP contribution is -2.24. The predicted octanol–water partition coefficient (Wildman–Crippen LogP) is -0.114. The van der Waals surface area contributed by atoms with E-state index in [0.717, 1.165) is 0 Å². The zero-order valence-electron chi connectivity index (χ0n) is 7.65. The van der Waals surface area contributed by atoms with E-state index >= 15 is 0 Å². The largest absolute Gasteiger partial charge is 0.471 e. The average molecular weight is 199 g/mol. The summed E-state index contributed by atoms with van der Waals surface area (Å²) in [4.78, 5) is 19.1. The van der Waals surface area contributed by atoms with Crippen molar-refractivity contribution in [3.8, 4) is 0 Å². The minimum absolute atomic E-state index is 0.126. The lowest BCUT2D eigenvalue weighted by atomic mass is 10.6. The quantitative estimate of drug-likeness (QED) is 0.476. The number of hydrogen-bond donors (Lipinski definition) is 2. The first-order chi connectivity index (χ1) is 5.98. The number of phosphoric ester groups is 1. The van der Waals surface area contributed by atoms with Gasteiger partial charge in [0.1, 0.15) is 0 Å². The number of phosphoric acid groups is 1. The Morgan fingerprint density at radius 1 is 1.83 bits per heavy atom. The zero-order valence-corrected chi connectivity index (χ0v) is 7.54. The highest BCUT2D eigenvalue weighted by molar-refractivity contribution is 7.47. The van der Waals surface area contributed by atoms with Gasteiger partial charge in [0.25, 0.3) is 0 Å². The highest BCUT2D eigenvalue weighted by Crippen LogP contribution is 2.41. The van der Waals surface area contributed by atoms with Crippen LogP contribution in [0.1, 0.15) is 8.29 Å². The average Bonchev–Trinajstić information content (AvgIpc) is 1.98. The molecule has 0 rings (SSSR count). The molecule has 0 spiro atoms. The van der Waals surface area contributed by atoms with Crippen molar-refractivity contribution in [1.82, 2.24) is 5.32 Å². The summed E-state index contributed by atoms with van der Waals surface area (Å²) in [6.45, 7) is 1.31. The monoisotopic (exact) mass is 199 g/mol. The van der Waals surface area contributed by atoms with Crippen LogP contribution in [-0.4, -0.2) is 31.0 Å². The number of carbonyl (C=O) groups is 1. The molecule has 2 N–H and O–H groups in total. The molecule has 0 bridgehead atoms. The van der Waals surface area contributed by atoms with Crippen LogP contribution >= 0.6 is 7.82 Å². The summed E-state index contributed by atoms with van der Waals surface area (Å²) in [6, 6.07) is 0. The summed E-state index contributed by atoms with van der Waals surface area (Å²) >= 11 is 0. The van der Waals surface area contributed by atoms with Crippen LogP contribution in [0.2, 0.25) is 0 Å². The fourth-order valence-electron chi connectivity index (χ4n) is 0.425. The molecule has 0 saturated heterocycles. The predicted molar refractivity (Wildman–Crippen MR) is 41.5 cm³/mol.